The summed E-state index contributed by atoms with van der Waals surface area (Å²) in [5.74, 6) is -0.846. The monoisotopic (exact) mass is 222 g/mol. The predicted molar refractivity (Wildman–Crippen MR) is 61.6 cm³/mol. The molecular weight excluding hydrogens is 204 g/mol. The van der Waals surface area contributed by atoms with Gasteiger partial charge in [0.05, 0.1) is 6.04 Å². The van der Waals surface area contributed by atoms with Gasteiger partial charge in [0, 0.05) is 18.8 Å². The van der Waals surface area contributed by atoms with Crippen LogP contribution in [0.15, 0.2) is 12.1 Å². The molecular formula is C12H18N2O2. The molecule has 2 N–H and O–H groups in total. The lowest BCUT2D eigenvalue weighted by Gasteiger charge is -2.36. The zero-order valence-electron chi connectivity index (χ0n) is 9.95. The summed E-state index contributed by atoms with van der Waals surface area (Å²) in [7, 11) is 0. The van der Waals surface area contributed by atoms with Gasteiger partial charge in [0.25, 0.3) is 0 Å². The van der Waals surface area contributed by atoms with E-state index in [1.165, 1.54) is 0 Å². The Morgan fingerprint density at radius 3 is 2.75 bits per heavy atom. The van der Waals surface area contributed by atoms with E-state index < -0.39 is 5.97 Å². The highest BCUT2D eigenvalue weighted by Gasteiger charge is 2.32. The standard InChI is InChI=1S/C12H18N2O2/c1-12(2,3)10-8-4-5-9(11(15)16)14(8)7-6-13-10/h4-5,10,13H,6-7H2,1-3H3,(H,15,16). The zero-order valence-corrected chi connectivity index (χ0v) is 9.95. The summed E-state index contributed by atoms with van der Waals surface area (Å²) in [4.78, 5) is 11.0. The van der Waals surface area contributed by atoms with Gasteiger partial charge in [-0.2, -0.15) is 0 Å². The molecule has 4 nitrogen and oxygen atoms in total. The minimum absolute atomic E-state index is 0.0896. The van der Waals surface area contributed by atoms with E-state index in [1.807, 2.05) is 10.6 Å². The molecule has 1 aromatic heterocycles. The summed E-state index contributed by atoms with van der Waals surface area (Å²) in [6.07, 6.45) is 0. The van der Waals surface area contributed by atoms with Crippen LogP contribution in [0.25, 0.3) is 0 Å². The number of fused-ring (bicyclic) bond motifs is 1. The average molecular weight is 222 g/mol. The smallest absolute Gasteiger partial charge is 0.352 e. The number of hydrogen-bond donors (Lipinski definition) is 2. The van der Waals surface area contributed by atoms with Crippen LogP contribution in [-0.4, -0.2) is 22.2 Å². The molecule has 2 rings (SSSR count). The van der Waals surface area contributed by atoms with Crippen molar-refractivity contribution in [1.29, 1.82) is 0 Å². The molecule has 0 saturated carbocycles. The molecule has 16 heavy (non-hydrogen) atoms. The van der Waals surface area contributed by atoms with Gasteiger partial charge in [-0.1, -0.05) is 20.8 Å². The predicted octanol–water partition coefficient (Wildman–Crippen LogP) is 1.88. The fourth-order valence-corrected chi connectivity index (χ4v) is 2.35. The lowest BCUT2D eigenvalue weighted by atomic mass is 9.84. The van der Waals surface area contributed by atoms with E-state index in [-0.39, 0.29) is 11.5 Å². The van der Waals surface area contributed by atoms with Crippen molar-refractivity contribution in [2.45, 2.75) is 33.4 Å². The Labute approximate surface area is 95.3 Å². The largest absolute Gasteiger partial charge is 0.477 e. The van der Waals surface area contributed by atoms with Gasteiger partial charge in [0.2, 0.25) is 0 Å². The van der Waals surface area contributed by atoms with Crippen LogP contribution in [-0.2, 0) is 6.54 Å². The summed E-state index contributed by atoms with van der Waals surface area (Å²) in [6.45, 7) is 8.04. The third kappa shape index (κ3) is 1.73. The number of carboxylic acid groups (broad SMARTS) is 1. The highest BCUT2D eigenvalue weighted by molar-refractivity contribution is 5.86. The van der Waals surface area contributed by atoms with Crippen molar-refractivity contribution in [3.05, 3.63) is 23.5 Å². The van der Waals surface area contributed by atoms with Gasteiger partial charge in [-0.3, -0.25) is 0 Å². The number of aromatic nitrogens is 1. The minimum atomic E-state index is -0.846. The van der Waals surface area contributed by atoms with Crippen molar-refractivity contribution in [2.75, 3.05) is 6.54 Å². The second-order valence-corrected chi connectivity index (χ2v) is 5.35. The Bertz CT molecular complexity index is 415. The molecule has 88 valence electrons. The zero-order chi connectivity index (χ0) is 11.9. The topological polar surface area (TPSA) is 54.3 Å². The number of nitrogens with zero attached hydrogens (tertiary/aromatic N) is 1. The first kappa shape index (κ1) is 11.2. The molecule has 0 aromatic carbocycles. The quantitative estimate of drug-likeness (QED) is 0.762. The minimum Gasteiger partial charge on any atom is -0.477 e. The van der Waals surface area contributed by atoms with Gasteiger partial charge < -0.3 is 15.0 Å². The van der Waals surface area contributed by atoms with Gasteiger partial charge in [-0.25, -0.2) is 4.79 Å². The van der Waals surface area contributed by atoms with Gasteiger partial charge in [-0.15, -0.1) is 0 Å². The molecule has 0 spiro atoms. The molecule has 1 atom stereocenters. The van der Waals surface area contributed by atoms with Gasteiger partial charge in [-0.05, 0) is 17.5 Å². The Morgan fingerprint density at radius 1 is 1.50 bits per heavy atom. The van der Waals surface area contributed by atoms with Crippen molar-refractivity contribution in [3.8, 4) is 0 Å². The third-order valence-electron chi connectivity index (χ3n) is 3.08. The van der Waals surface area contributed by atoms with E-state index in [2.05, 4.69) is 26.1 Å². The highest BCUT2D eigenvalue weighted by atomic mass is 16.4. The van der Waals surface area contributed by atoms with E-state index >= 15 is 0 Å². The first-order chi connectivity index (χ1) is 7.41. The molecule has 1 aliphatic heterocycles. The summed E-state index contributed by atoms with van der Waals surface area (Å²) < 4.78 is 1.91. The van der Waals surface area contributed by atoms with Crippen LogP contribution in [0.2, 0.25) is 0 Å². The fraction of sp³-hybridized carbons (Fsp3) is 0.583. The molecule has 0 radical (unpaired) electrons. The summed E-state index contributed by atoms with van der Waals surface area (Å²) in [5.41, 5.74) is 1.56. The fourth-order valence-electron chi connectivity index (χ4n) is 2.35. The number of aromatic carboxylic acids is 1. The Kier molecular flexibility index (Phi) is 2.54. The summed E-state index contributed by atoms with van der Waals surface area (Å²) >= 11 is 0. The van der Waals surface area contributed by atoms with E-state index in [0.29, 0.717) is 5.69 Å². The molecule has 0 aliphatic carbocycles. The Balaban J connectivity index is 2.45. The first-order valence-corrected chi connectivity index (χ1v) is 5.57. The van der Waals surface area contributed by atoms with E-state index in [1.54, 1.807) is 6.07 Å². The molecule has 1 unspecified atom stereocenters. The highest BCUT2D eigenvalue weighted by Crippen LogP contribution is 2.35. The average Bonchev–Trinajstić information content (AvgIpc) is 2.58. The van der Waals surface area contributed by atoms with Gasteiger partial charge >= 0.3 is 5.97 Å². The molecule has 1 aliphatic rings. The maximum Gasteiger partial charge on any atom is 0.352 e. The van der Waals surface area contributed by atoms with Crippen molar-refractivity contribution in [1.82, 2.24) is 9.88 Å². The van der Waals surface area contributed by atoms with Crippen LogP contribution < -0.4 is 5.32 Å². The van der Waals surface area contributed by atoms with Gasteiger partial charge in [0.15, 0.2) is 0 Å². The number of carbonyl (C=O) groups is 1. The SMILES string of the molecule is CC(C)(C)C1NCCn2c(C(=O)O)ccc21. The van der Waals surface area contributed by atoms with Crippen LogP contribution in [0, 0.1) is 5.41 Å². The Morgan fingerprint density at radius 2 is 2.19 bits per heavy atom. The molecule has 4 heteroatoms. The van der Waals surface area contributed by atoms with Crippen molar-refractivity contribution in [3.63, 3.8) is 0 Å². The van der Waals surface area contributed by atoms with Crippen LogP contribution >= 0.6 is 0 Å². The molecule has 0 fully saturated rings. The van der Waals surface area contributed by atoms with Crippen LogP contribution in [0.4, 0.5) is 0 Å². The first-order valence-electron chi connectivity index (χ1n) is 5.57. The number of nitrogens with one attached hydrogen (secondary N) is 1. The van der Waals surface area contributed by atoms with Crippen LogP contribution in [0.3, 0.4) is 0 Å². The maximum absolute atomic E-state index is 11.0. The number of carboxylic acids is 1. The second kappa shape index (κ2) is 3.63. The lowest BCUT2D eigenvalue weighted by molar-refractivity contribution is 0.0682. The molecule has 2 heterocycles. The normalized spacial score (nSPS) is 20.6. The summed E-state index contributed by atoms with van der Waals surface area (Å²) in [5, 5.41) is 12.5. The van der Waals surface area contributed by atoms with Crippen LogP contribution in [0.5, 0.6) is 0 Å². The van der Waals surface area contributed by atoms with E-state index in [4.69, 9.17) is 5.11 Å². The summed E-state index contributed by atoms with van der Waals surface area (Å²) in [6, 6.07) is 3.84. The second-order valence-electron chi connectivity index (χ2n) is 5.35. The lowest BCUT2D eigenvalue weighted by Crippen LogP contribution is -2.40. The van der Waals surface area contributed by atoms with Crippen LogP contribution in [0.1, 0.15) is 43.0 Å². The Hall–Kier alpha value is -1.29. The van der Waals surface area contributed by atoms with Crippen molar-refractivity contribution in [2.24, 2.45) is 5.41 Å². The number of hydrogen-bond acceptors (Lipinski definition) is 2. The van der Waals surface area contributed by atoms with E-state index in [0.717, 1.165) is 18.8 Å². The third-order valence-corrected chi connectivity index (χ3v) is 3.08. The van der Waals surface area contributed by atoms with Crippen molar-refractivity contribution < 1.29 is 9.90 Å². The molecule has 0 amide bonds. The number of rotatable bonds is 1. The maximum atomic E-state index is 11.0. The molecule has 0 bridgehead atoms. The molecule has 0 saturated heterocycles. The van der Waals surface area contributed by atoms with Crippen molar-refractivity contribution >= 4 is 5.97 Å². The molecule has 1 aromatic rings. The van der Waals surface area contributed by atoms with Gasteiger partial charge in [0.1, 0.15) is 5.69 Å². The van der Waals surface area contributed by atoms with E-state index in [9.17, 15) is 4.79 Å².